The zero-order valence-electron chi connectivity index (χ0n) is 17.6. The van der Waals surface area contributed by atoms with E-state index >= 15 is 0 Å². The molecular formula is C25H29N3O2. The highest BCUT2D eigenvalue weighted by Crippen LogP contribution is 2.33. The Balaban J connectivity index is 1.43. The van der Waals surface area contributed by atoms with Crippen LogP contribution in [0.25, 0.3) is 11.4 Å². The second kappa shape index (κ2) is 9.70. The first-order chi connectivity index (χ1) is 14.8. The van der Waals surface area contributed by atoms with Gasteiger partial charge in [0.05, 0.1) is 0 Å². The van der Waals surface area contributed by atoms with Crippen LogP contribution >= 0.6 is 0 Å². The zero-order valence-corrected chi connectivity index (χ0v) is 17.6. The molecule has 0 bridgehead atoms. The summed E-state index contributed by atoms with van der Waals surface area (Å²) in [6.07, 6.45) is 7.86. The van der Waals surface area contributed by atoms with Gasteiger partial charge in [0.2, 0.25) is 11.7 Å². The minimum absolute atomic E-state index is 0.0366. The first-order valence-corrected chi connectivity index (χ1v) is 11.0. The monoisotopic (exact) mass is 403 g/mol. The number of carbonyl (C=O) groups excluding carboxylic acids is 1. The molecule has 4 rings (SSSR count). The quantitative estimate of drug-likeness (QED) is 0.444. The maximum Gasteiger partial charge on any atom is 0.254 e. The van der Waals surface area contributed by atoms with Gasteiger partial charge in [-0.2, -0.15) is 4.98 Å². The van der Waals surface area contributed by atoms with Gasteiger partial charge >= 0.3 is 0 Å². The highest BCUT2D eigenvalue weighted by molar-refractivity contribution is 5.94. The van der Waals surface area contributed by atoms with Crippen molar-refractivity contribution in [1.29, 1.82) is 0 Å². The molecule has 1 aliphatic heterocycles. The van der Waals surface area contributed by atoms with Crippen molar-refractivity contribution in [3.05, 3.63) is 71.6 Å². The van der Waals surface area contributed by atoms with E-state index in [4.69, 9.17) is 4.52 Å². The molecule has 5 nitrogen and oxygen atoms in total. The second-order valence-corrected chi connectivity index (χ2v) is 7.99. The summed E-state index contributed by atoms with van der Waals surface area (Å²) < 4.78 is 5.55. The summed E-state index contributed by atoms with van der Waals surface area (Å²) in [6.45, 7) is 2.94. The molecule has 30 heavy (non-hydrogen) atoms. The maximum atomic E-state index is 13.2. The molecule has 1 atom stereocenters. The SMILES string of the molecule is CCCCCCc1ccc(C(=O)N2CCC[C@H]2c2nc(-c3ccccc3)no2)cc1. The van der Waals surface area contributed by atoms with Crippen molar-refractivity contribution in [3.8, 4) is 11.4 Å². The molecule has 1 aliphatic rings. The molecule has 0 aliphatic carbocycles. The Morgan fingerprint density at radius 3 is 2.63 bits per heavy atom. The molecule has 5 heteroatoms. The smallest absolute Gasteiger partial charge is 0.254 e. The molecule has 1 fully saturated rings. The van der Waals surface area contributed by atoms with Crippen molar-refractivity contribution in [2.45, 2.75) is 57.9 Å². The minimum atomic E-state index is -0.156. The van der Waals surface area contributed by atoms with E-state index < -0.39 is 0 Å². The van der Waals surface area contributed by atoms with Crippen LogP contribution in [0.5, 0.6) is 0 Å². The Morgan fingerprint density at radius 2 is 1.87 bits per heavy atom. The molecule has 0 radical (unpaired) electrons. The van der Waals surface area contributed by atoms with Gasteiger partial charge in [-0.1, -0.05) is 73.8 Å². The minimum Gasteiger partial charge on any atom is -0.337 e. The van der Waals surface area contributed by atoms with E-state index in [1.165, 1.54) is 31.2 Å². The van der Waals surface area contributed by atoms with E-state index in [0.29, 0.717) is 18.3 Å². The fraction of sp³-hybridized carbons (Fsp3) is 0.400. The van der Waals surface area contributed by atoms with E-state index in [2.05, 4.69) is 29.2 Å². The van der Waals surface area contributed by atoms with Gasteiger partial charge in [0.15, 0.2) is 0 Å². The molecule has 0 unspecified atom stereocenters. The number of benzene rings is 2. The van der Waals surface area contributed by atoms with Gasteiger partial charge in [-0.25, -0.2) is 0 Å². The van der Waals surface area contributed by atoms with Gasteiger partial charge in [-0.15, -0.1) is 0 Å². The second-order valence-electron chi connectivity index (χ2n) is 7.99. The largest absolute Gasteiger partial charge is 0.337 e. The van der Waals surface area contributed by atoms with Gasteiger partial charge in [-0.3, -0.25) is 4.79 Å². The number of nitrogens with zero attached hydrogens (tertiary/aromatic N) is 3. The highest BCUT2D eigenvalue weighted by Gasteiger charge is 2.34. The van der Waals surface area contributed by atoms with E-state index in [0.717, 1.165) is 30.4 Å². The van der Waals surface area contributed by atoms with Gasteiger partial charge < -0.3 is 9.42 Å². The standard InChI is InChI=1S/C25H29N3O2/c1-2-3-4-6-10-19-14-16-21(17-15-19)25(29)28-18-9-13-22(28)24-26-23(27-30-24)20-11-7-5-8-12-20/h5,7-8,11-12,14-17,22H,2-4,6,9-10,13,18H2,1H3/t22-/m0/s1. The highest BCUT2D eigenvalue weighted by atomic mass is 16.5. The Labute approximate surface area is 178 Å². The van der Waals surface area contributed by atoms with Crippen LogP contribution in [-0.4, -0.2) is 27.5 Å². The third-order valence-electron chi connectivity index (χ3n) is 5.79. The third-order valence-corrected chi connectivity index (χ3v) is 5.79. The molecule has 1 aromatic heterocycles. The Kier molecular flexibility index (Phi) is 6.57. The number of amides is 1. The Morgan fingerprint density at radius 1 is 1.07 bits per heavy atom. The molecule has 1 amide bonds. The summed E-state index contributed by atoms with van der Waals surface area (Å²) in [4.78, 5) is 19.6. The maximum absolute atomic E-state index is 13.2. The summed E-state index contributed by atoms with van der Waals surface area (Å²) in [7, 11) is 0. The van der Waals surface area contributed by atoms with Crippen LogP contribution in [0.4, 0.5) is 0 Å². The molecule has 1 saturated heterocycles. The molecule has 0 N–H and O–H groups in total. The summed E-state index contributed by atoms with van der Waals surface area (Å²) >= 11 is 0. The van der Waals surface area contributed by atoms with Crippen LogP contribution in [0.2, 0.25) is 0 Å². The molecule has 0 spiro atoms. The fourth-order valence-corrected chi connectivity index (χ4v) is 4.08. The lowest BCUT2D eigenvalue weighted by molar-refractivity contribution is 0.0710. The summed E-state index contributed by atoms with van der Waals surface area (Å²) in [5.41, 5.74) is 2.94. The van der Waals surface area contributed by atoms with E-state index in [1.54, 1.807) is 0 Å². The molecule has 3 aromatic rings. The Bertz CT molecular complexity index is 950. The van der Waals surface area contributed by atoms with Crippen LogP contribution in [-0.2, 0) is 6.42 Å². The van der Waals surface area contributed by atoms with Crippen molar-refractivity contribution in [1.82, 2.24) is 15.0 Å². The number of unbranched alkanes of at least 4 members (excludes halogenated alkanes) is 3. The van der Waals surface area contributed by atoms with Crippen molar-refractivity contribution in [2.75, 3.05) is 6.54 Å². The predicted octanol–water partition coefficient (Wildman–Crippen LogP) is 5.84. The number of aryl methyl sites for hydroxylation is 1. The van der Waals surface area contributed by atoms with Gasteiger partial charge in [0, 0.05) is 17.7 Å². The number of hydrogen-bond acceptors (Lipinski definition) is 4. The number of carbonyl (C=O) groups is 1. The van der Waals surface area contributed by atoms with Crippen LogP contribution in [0.1, 0.15) is 73.3 Å². The Hall–Kier alpha value is -2.95. The first-order valence-electron chi connectivity index (χ1n) is 11.0. The summed E-state index contributed by atoms with van der Waals surface area (Å²) in [5, 5.41) is 4.13. The van der Waals surface area contributed by atoms with E-state index in [-0.39, 0.29) is 11.9 Å². The number of aromatic nitrogens is 2. The third kappa shape index (κ3) is 4.61. The lowest BCUT2D eigenvalue weighted by Crippen LogP contribution is -2.30. The van der Waals surface area contributed by atoms with Crippen LogP contribution in [0.15, 0.2) is 59.1 Å². The van der Waals surface area contributed by atoms with Gasteiger partial charge in [0.1, 0.15) is 6.04 Å². The fourth-order valence-electron chi connectivity index (χ4n) is 4.08. The summed E-state index contributed by atoms with van der Waals surface area (Å²) in [6, 6.07) is 17.7. The van der Waals surface area contributed by atoms with Crippen LogP contribution < -0.4 is 0 Å². The molecule has 2 heterocycles. The first kappa shape index (κ1) is 20.3. The van der Waals surface area contributed by atoms with Gasteiger partial charge in [-0.05, 0) is 43.4 Å². The van der Waals surface area contributed by atoms with E-state index in [1.807, 2.05) is 47.4 Å². The molecule has 2 aromatic carbocycles. The molecular weight excluding hydrogens is 374 g/mol. The number of rotatable bonds is 8. The van der Waals surface area contributed by atoms with Crippen molar-refractivity contribution in [2.24, 2.45) is 0 Å². The van der Waals surface area contributed by atoms with Gasteiger partial charge in [0.25, 0.3) is 5.91 Å². The van der Waals surface area contributed by atoms with Crippen molar-refractivity contribution < 1.29 is 9.32 Å². The molecule has 0 saturated carbocycles. The average Bonchev–Trinajstić information content (AvgIpc) is 3.47. The lowest BCUT2D eigenvalue weighted by Gasteiger charge is -2.22. The van der Waals surface area contributed by atoms with Crippen LogP contribution in [0.3, 0.4) is 0 Å². The lowest BCUT2D eigenvalue weighted by atomic mass is 10.0. The summed E-state index contributed by atoms with van der Waals surface area (Å²) in [5.74, 6) is 1.12. The normalized spacial score (nSPS) is 16.2. The van der Waals surface area contributed by atoms with E-state index in [9.17, 15) is 4.79 Å². The predicted molar refractivity (Wildman–Crippen MR) is 117 cm³/mol. The average molecular weight is 404 g/mol. The molecule has 156 valence electrons. The number of hydrogen-bond donors (Lipinski definition) is 0. The topological polar surface area (TPSA) is 59.2 Å². The number of likely N-dealkylation sites (tertiary alicyclic amines) is 1. The van der Waals surface area contributed by atoms with Crippen molar-refractivity contribution in [3.63, 3.8) is 0 Å². The van der Waals surface area contributed by atoms with Crippen LogP contribution in [0, 0.1) is 0 Å². The zero-order chi connectivity index (χ0) is 20.8. The van der Waals surface area contributed by atoms with Crippen molar-refractivity contribution >= 4 is 5.91 Å².